The average Bonchev–Trinajstić information content (AvgIpc) is 3.09. The molecule has 0 aliphatic carbocycles. The number of amides is 1. The molecule has 4 rings (SSSR count). The van der Waals surface area contributed by atoms with Crippen molar-refractivity contribution in [1.29, 1.82) is 0 Å². The number of nitrogens with one attached hydrogen (secondary N) is 2. The molecule has 0 saturated carbocycles. The monoisotopic (exact) mass is 367 g/mol. The van der Waals surface area contributed by atoms with Gasteiger partial charge in [-0.3, -0.25) is 9.78 Å². The van der Waals surface area contributed by atoms with Crippen molar-refractivity contribution in [3.8, 4) is 11.3 Å². The molecule has 0 spiro atoms. The fourth-order valence-electron chi connectivity index (χ4n) is 2.98. The maximum Gasteiger partial charge on any atom is 0.253 e. The minimum Gasteiger partial charge on any atom is -0.358 e. The standard InChI is InChI=1S/C20H15ClFN3O/c21-15-4-2-1-3-12(15)9-16(22)19-10-13(5-7-23-19)18-11-14-17(25-18)6-8-24-20(14)26/h1-5,7,9-11,25H,6,8H2,(H,24,26)/b16-9-. The highest BCUT2D eigenvalue weighted by Gasteiger charge is 2.20. The molecule has 1 aliphatic rings. The van der Waals surface area contributed by atoms with Crippen molar-refractivity contribution in [2.24, 2.45) is 0 Å². The summed E-state index contributed by atoms with van der Waals surface area (Å²) in [5, 5.41) is 3.29. The van der Waals surface area contributed by atoms with E-state index in [0.29, 0.717) is 22.7 Å². The predicted octanol–water partition coefficient (Wildman–Crippen LogP) is 4.48. The van der Waals surface area contributed by atoms with Crippen LogP contribution in [0.25, 0.3) is 23.2 Å². The Balaban J connectivity index is 1.69. The van der Waals surface area contributed by atoms with E-state index in [1.54, 1.807) is 48.7 Å². The number of nitrogens with zero attached hydrogens (tertiary/aromatic N) is 1. The third-order valence-electron chi connectivity index (χ3n) is 4.31. The number of fused-ring (bicyclic) bond motifs is 1. The first-order valence-electron chi connectivity index (χ1n) is 8.20. The van der Waals surface area contributed by atoms with E-state index < -0.39 is 5.83 Å². The number of pyridine rings is 1. The van der Waals surface area contributed by atoms with Gasteiger partial charge in [0.1, 0.15) is 5.83 Å². The van der Waals surface area contributed by atoms with Crippen LogP contribution in [-0.4, -0.2) is 22.4 Å². The van der Waals surface area contributed by atoms with Gasteiger partial charge in [0.2, 0.25) is 0 Å². The summed E-state index contributed by atoms with van der Waals surface area (Å²) in [5.74, 6) is -0.568. The first-order valence-corrected chi connectivity index (χ1v) is 8.58. The molecule has 26 heavy (non-hydrogen) atoms. The van der Waals surface area contributed by atoms with Crippen LogP contribution in [0.3, 0.4) is 0 Å². The molecule has 0 bridgehead atoms. The number of aromatic amines is 1. The topological polar surface area (TPSA) is 57.8 Å². The number of rotatable bonds is 3. The molecule has 0 radical (unpaired) electrons. The summed E-state index contributed by atoms with van der Waals surface area (Å²) < 4.78 is 14.7. The third kappa shape index (κ3) is 3.13. The maximum absolute atomic E-state index is 14.7. The summed E-state index contributed by atoms with van der Waals surface area (Å²) in [6.45, 7) is 0.614. The van der Waals surface area contributed by atoms with Crippen LogP contribution in [0.1, 0.15) is 27.3 Å². The molecule has 1 amide bonds. The second kappa shape index (κ2) is 6.77. The Labute approximate surface area is 154 Å². The fourth-order valence-corrected chi connectivity index (χ4v) is 3.17. The first-order chi connectivity index (χ1) is 12.6. The molecule has 0 atom stereocenters. The van der Waals surface area contributed by atoms with Crippen molar-refractivity contribution >= 4 is 29.4 Å². The number of carbonyl (C=O) groups excluding carboxylic acids is 1. The second-order valence-corrected chi connectivity index (χ2v) is 6.43. The Hall–Kier alpha value is -2.92. The number of benzene rings is 1. The minimum absolute atomic E-state index is 0.0900. The average molecular weight is 368 g/mol. The van der Waals surface area contributed by atoms with Gasteiger partial charge in [-0.1, -0.05) is 29.8 Å². The predicted molar refractivity (Wildman–Crippen MR) is 100 cm³/mol. The molecule has 2 aromatic heterocycles. The van der Waals surface area contributed by atoms with Gasteiger partial charge in [0.25, 0.3) is 5.91 Å². The van der Waals surface area contributed by atoms with Gasteiger partial charge in [0, 0.05) is 41.1 Å². The number of hydrogen-bond donors (Lipinski definition) is 2. The van der Waals surface area contributed by atoms with E-state index in [1.807, 2.05) is 0 Å². The van der Waals surface area contributed by atoms with Gasteiger partial charge in [-0.15, -0.1) is 0 Å². The number of carbonyl (C=O) groups is 1. The molecule has 6 heteroatoms. The van der Waals surface area contributed by atoms with Crippen molar-refractivity contribution in [3.63, 3.8) is 0 Å². The van der Waals surface area contributed by atoms with Crippen LogP contribution in [-0.2, 0) is 6.42 Å². The van der Waals surface area contributed by atoms with E-state index in [-0.39, 0.29) is 11.6 Å². The van der Waals surface area contributed by atoms with Gasteiger partial charge in [-0.05, 0) is 35.9 Å². The van der Waals surface area contributed by atoms with Crippen LogP contribution < -0.4 is 5.32 Å². The first kappa shape index (κ1) is 16.5. The van der Waals surface area contributed by atoms with E-state index in [1.165, 1.54) is 6.08 Å². The molecule has 0 saturated heterocycles. The molecular weight excluding hydrogens is 353 g/mol. The van der Waals surface area contributed by atoms with Gasteiger partial charge in [-0.25, -0.2) is 4.39 Å². The number of hydrogen-bond acceptors (Lipinski definition) is 2. The second-order valence-electron chi connectivity index (χ2n) is 6.02. The van der Waals surface area contributed by atoms with Crippen molar-refractivity contribution in [1.82, 2.24) is 15.3 Å². The van der Waals surface area contributed by atoms with Gasteiger partial charge >= 0.3 is 0 Å². The normalized spacial score (nSPS) is 14.1. The lowest BCUT2D eigenvalue weighted by atomic mass is 10.1. The molecule has 4 nitrogen and oxygen atoms in total. The van der Waals surface area contributed by atoms with Crippen molar-refractivity contribution in [2.45, 2.75) is 6.42 Å². The van der Waals surface area contributed by atoms with Crippen LogP contribution in [0.2, 0.25) is 5.02 Å². The summed E-state index contributed by atoms with van der Waals surface area (Å²) >= 11 is 6.08. The van der Waals surface area contributed by atoms with Crippen molar-refractivity contribution in [2.75, 3.05) is 6.54 Å². The van der Waals surface area contributed by atoms with E-state index in [9.17, 15) is 9.18 Å². The zero-order valence-corrected chi connectivity index (χ0v) is 14.5. The summed E-state index contributed by atoms with van der Waals surface area (Å²) in [5.41, 5.74) is 3.86. The number of H-pyrrole nitrogens is 1. The summed E-state index contributed by atoms with van der Waals surface area (Å²) in [6, 6.07) is 12.3. The van der Waals surface area contributed by atoms with Gasteiger partial charge in [-0.2, -0.15) is 0 Å². The Kier molecular flexibility index (Phi) is 4.31. The van der Waals surface area contributed by atoms with Crippen molar-refractivity contribution in [3.05, 3.63) is 76.2 Å². The van der Waals surface area contributed by atoms with Crippen LogP contribution in [0, 0.1) is 0 Å². The summed E-state index contributed by atoms with van der Waals surface area (Å²) in [4.78, 5) is 19.3. The molecule has 0 fully saturated rings. The van der Waals surface area contributed by atoms with E-state index in [0.717, 1.165) is 23.4 Å². The molecule has 130 valence electrons. The lowest BCUT2D eigenvalue weighted by Crippen LogP contribution is -2.31. The lowest BCUT2D eigenvalue weighted by Gasteiger charge is -2.10. The zero-order chi connectivity index (χ0) is 18.1. The number of halogens is 2. The quantitative estimate of drug-likeness (QED) is 0.716. The van der Waals surface area contributed by atoms with Gasteiger partial charge < -0.3 is 10.3 Å². The highest BCUT2D eigenvalue weighted by atomic mass is 35.5. The molecule has 0 unspecified atom stereocenters. The van der Waals surface area contributed by atoms with Gasteiger partial charge in [0.05, 0.1) is 11.3 Å². The Morgan fingerprint density at radius 3 is 2.88 bits per heavy atom. The summed E-state index contributed by atoms with van der Waals surface area (Å²) in [7, 11) is 0. The molecule has 3 heterocycles. The van der Waals surface area contributed by atoms with Crippen LogP contribution >= 0.6 is 11.6 Å². The van der Waals surface area contributed by atoms with E-state index in [4.69, 9.17) is 11.6 Å². The molecule has 3 aromatic rings. The lowest BCUT2D eigenvalue weighted by molar-refractivity contribution is 0.0946. The third-order valence-corrected chi connectivity index (χ3v) is 4.65. The molecule has 1 aliphatic heterocycles. The highest BCUT2D eigenvalue weighted by Crippen LogP contribution is 2.28. The molecule has 2 N–H and O–H groups in total. The minimum atomic E-state index is -0.478. The van der Waals surface area contributed by atoms with E-state index in [2.05, 4.69) is 15.3 Å². The largest absolute Gasteiger partial charge is 0.358 e. The molecule has 1 aromatic carbocycles. The van der Waals surface area contributed by atoms with Crippen molar-refractivity contribution < 1.29 is 9.18 Å². The maximum atomic E-state index is 14.7. The van der Waals surface area contributed by atoms with Crippen LogP contribution in [0.15, 0.2) is 48.7 Å². The van der Waals surface area contributed by atoms with Gasteiger partial charge in [0.15, 0.2) is 0 Å². The number of aromatic nitrogens is 2. The van der Waals surface area contributed by atoms with E-state index >= 15 is 0 Å². The Bertz CT molecular complexity index is 1030. The Morgan fingerprint density at radius 2 is 2.08 bits per heavy atom. The smallest absolute Gasteiger partial charge is 0.253 e. The highest BCUT2D eigenvalue weighted by molar-refractivity contribution is 6.32. The zero-order valence-electron chi connectivity index (χ0n) is 13.7. The fraction of sp³-hybridized carbons (Fsp3) is 0.100. The summed E-state index contributed by atoms with van der Waals surface area (Å²) in [6.07, 6.45) is 3.66. The Morgan fingerprint density at radius 1 is 1.23 bits per heavy atom. The SMILES string of the molecule is O=C1NCCc2[nH]c(-c3ccnc(/C(F)=C/c4ccccc4Cl)c3)cc21. The van der Waals surface area contributed by atoms with Crippen LogP contribution in [0.5, 0.6) is 0 Å². The molecular formula is C20H15ClFN3O. The van der Waals surface area contributed by atoms with Crippen LogP contribution in [0.4, 0.5) is 4.39 Å².